The number of aromatic nitrogens is 2. The molecule has 0 unspecified atom stereocenters. The zero-order chi connectivity index (χ0) is 14.0. The number of hydrogen-bond donors (Lipinski definition) is 2. The Bertz CT molecular complexity index is 627. The molecule has 0 radical (unpaired) electrons. The third kappa shape index (κ3) is 3.42. The van der Waals surface area contributed by atoms with Crippen LogP contribution in [0.3, 0.4) is 0 Å². The lowest BCUT2D eigenvalue weighted by molar-refractivity contribution is 0.102. The van der Waals surface area contributed by atoms with Crippen LogP contribution in [0, 0.1) is 6.92 Å². The summed E-state index contributed by atoms with van der Waals surface area (Å²) in [4.78, 5) is 20.0. The summed E-state index contributed by atoms with van der Waals surface area (Å²) in [5, 5.41) is 2.86. The molecule has 0 bridgehead atoms. The number of benzene rings is 1. The molecule has 19 heavy (non-hydrogen) atoms. The van der Waals surface area contributed by atoms with Crippen LogP contribution in [0.15, 0.2) is 28.7 Å². The van der Waals surface area contributed by atoms with Crippen LogP contribution in [0.2, 0.25) is 5.15 Å². The van der Waals surface area contributed by atoms with Gasteiger partial charge in [0, 0.05) is 21.4 Å². The van der Waals surface area contributed by atoms with Crippen LogP contribution in [0.1, 0.15) is 16.1 Å². The van der Waals surface area contributed by atoms with Crippen molar-refractivity contribution >= 4 is 45.1 Å². The highest BCUT2D eigenvalue weighted by molar-refractivity contribution is 9.10. The second kappa shape index (κ2) is 5.54. The molecule has 5 nitrogen and oxygen atoms in total. The van der Waals surface area contributed by atoms with E-state index in [4.69, 9.17) is 17.3 Å². The van der Waals surface area contributed by atoms with E-state index < -0.39 is 0 Å². The predicted octanol–water partition coefficient (Wildman–Crippen LogP) is 3.04. The van der Waals surface area contributed by atoms with E-state index in [2.05, 4.69) is 31.2 Å². The van der Waals surface area contributed by atoms with Crippen molar-refractivity contribution in [2.75, 3.05) is 11.1 Å². The van der Waals surface area contributed by atoms with Gasteiger partial charge in [0.15, 0.2) is 0 Å². The Labute approximate surface area is 123 Å². The number of nitrogens with zero attached hydrogens (tertiary/aromatic N) is 2. The number of halogens is 2. The molecule has 2 rings (SSSR count). The maximum absolute atomic E-state index is 12.0. The highest BCUT2D eigenvalue weighted by atomic mass is 79.9. The maximum Gasteiger partial charge on any atom is 0.258 e. The van der Waals surface area contributed by atoms with E-state index in [1.807, 2.05) is 0 Å². The largest absolute Gasteiger partial charge is 0.398 e. The number of carbonyl (C=O) groups is 1. The summed E-state index contributed by atoms with van der Waals surface area (Å²) in [5.74, 6) is -0.162. The molecule has 1 heterocycles. The zero-order valence-electron chi connectivity index (χ0n) is 9.95. The Balaban J connectivity index is 2.22. The van der Waals surface area contributed by atoms with Crippen LogP contribution < -0.4 is 11.1 Å². The number of nitrogens with two attached hydrogens (primary N) is 1. The van der Waals surface area contributed by atoms with Crippen LogP contribution >= 0.6 is 27.5 Å². The second-order valence-corrected chi connectivity index (χ2v) is 5.09. The molecule has 0 spiro atoms. The minimum Gasteiger partial charge on any atom is -0.398 e. The van der Waals surface area contributed by atoms with Gasteiger partial charge < -0.3 is 5.73 Å². The third-order valence-corrected chi connectivity index (χ3v) is 3.19. The SMILES string of the molecule is Cc1cc(Cl)nc(NC(=O)c2ccc(N)c(Br)c2)n1. The molecular formula is C12H10BrClN4O. The Kier molecular flexibility index (Phi) is 4.01. The van der Waals surface area contributed by atoms with Gasteiger partial charge >= 0.3 is 0 Å². The summed E-state index contributed by atoms with van der Waals surface area (Å²) >= 11 is 9.06. The molecule has 7 heteroatoms. The van der Waals surface area contributed by atoms with Gasteiger partial charge in [-0.15, -0.1) is 0 Å². The summed E-state index contributed by atoms with van der Waals surface area (Å²) in [6.45, 7) is 1.77. The number of hydrogen-bond acceptors (Lipinski definition) is 4. The Hall–Kier alpha value is -1.66. The fraction of sp³-hybridized carbons (Fsp3) is 0.0833. The quantitative estimate of drug-likeness (QED) is 0.650. The monoisotopic (exact) mass is 340 g/mol. The average Bonchev–Trinajstić information content (AvgIpc) is 2.31. The second-order valence-electron chi connectivity index (χ2n) is 3.85. The number of aryl methyl sites for hydroxylation is 1. The van der Waals surface area contributed by atoms with E-state index in [9.17, 15) is 4.79 Å². The molecule has 0 fully saturated rings. The molecule has 0 saturated heterocycles. The first-order valence-electron chi connectivity index (χ1n) is 5.33. The summed E-state index contributed by atoms with van der Waals surface area (Å²) < 4.78 is 0.656. The molecule has 1 aromatic heterocycles. The molecule has 0 aliphatic rings. The van der Waals surface area contributed by atoms with E-state index in [0.29, 0.717) is 21.4 Å². The van der Waals surface area contributed by atoms with Crippen molar-refractivity contribution < 1.29 is 4.79 Å². The fourth-order valence-electron chi connectivity index (χ4n) is 1.43. The first-order valence-corrected chi connectivity index (χ1v) is 6.50. The van der Waals surface area contributed by atoms with E-state index >= 15 is 0 Å². The normalized spacial score (nSPS) is 10.3. The highest BCUT2D eigenvalue weighted by Gasteiger charge is 2.10. The Morgan fingerprint density at radius 2 is 2.11 bits per heavy atom. The van der Waals surface area contributed by atoms with Gasteiger partial charge in [-0.3, -0.25) is 10.1 Å². The minimum absolute atomic E-state index is 0.169. The van der Waals surface area contributed by atoms with Crippen molar-refractivity contribution in [3.05, 3.63) is 45.1 Å². The summed E-state index contributed by atoms with van der Waals surface area (Å²) in [6.07, 6.45) is 0. The van der Waals surface area contributed by atoms with Gasteiger partial charge in [-0.25, -0.2) is 9.97 Å². The molecule has 0 aliphatic heterocycles. The standard InChI is InChI=1S/C12H10BrClN4O/c1-6-4-10(14)17-12(16-6)18-11(19)7-2-3-9(15)8(13)5-7/h2-5H,15H2,1H3,(H,16,17,18,19). The van der Waals surface area contributed by atoms with Crippen LogP contribution in [-0.4, -0.2) is 15.9 Å². The van der Waals surface area contributed by atoms with Gasteiger partial charge in [-0.1, -0.05) is 11.6 Å². The maximum atomic E-state index is 12.0. The van der Waals surface area contributed by atoms with Gasteiger partial charge in [0.05, 0.1) is 0 Å². The van der Waals surface area contributed by atoms with Crippen molar-refractivity contribution in [3.8, 4) is 0 Å². The van der Waals surface area contributed by atoms with E-state index in [1.54, 1.807) is 31.2 Å². The number of carbonyl (C=O) groups excluding carboxylic acids is 1. The van der Waals surface area contributed by atoms with Gasteiger partial charge in [-0.2, -0.15) is 0 Å². The number of anilines is 2. The first-order chi connectivity index (χ1) is 8.95. The first kappa shape index (κ1) is 13.8. The zero-order valence-corrected chi connectivity index (χ0v) is 12.3. The Morgan fingerprint density at radius 1 is 1.37 bits per heavy atom. The lowest BCUT2D eigenvalue weighted by Gasteiger charge is -2.06. The molecular weight excluding hydrogens is 332 g/mol. The number of nitrogens with one attached hydrogen (secondary N) is 1. The van der Waals surface area contributed by atoms with Crippen molar-refractivity contribution in [1.29, 1.82) is 0 Å². The molecule has 0 atom stereocenters. The molecule has 1 aromatic carbocycles. The molecule has 3 N–H and O–H groups in total. The lowest BCUT2D eigenvalue weighted by Crippen LogP contribution is -2.14. The van der Waals surface area contributed by atoms with Crippen molar-refractivity contribution in [2.24, 2.45) is 0 Å². The summed E-state index contributed by atoms with van der Waals surface area (Å²) in [7, 11) is 0. The van der Waals surface area contributed by atoms with E-state index in [0.717, 1.165) is 0 Å². The van der Waals surface area contributed by atoms with Crippen molar-refractivity contribution in [3.63, 3.8) is 0 Å². The topological polar surface area (TPSA) is 80.9 Å². The Morgan fingerprint density at radius 3 is 2.74 bits per heavy atom. The molecule has 0 aliphatic carbocycles. The van der Waals surface area contributed by atoms with Crippen LogP contribution in [0.4, 0.5) is 11.6 Å². The van der Waals surface area contributed by atoms with Gasteiger partial charge in [-0.05, 0) is 47.1 Å². The molecule has 1 amide bonds. The van der Waals surface area contributed by atoms with E-state index in [1.165, 1.54) is 0 Å². The van der Waals surface area contributed by atoms with Gasteiger partial charge in [0.1, 0.15) is 5.15 Å². The van der Waals surface area contributed by atoms with E-state index in [-0.39, 0.29) is 17.0 Å². The molecule has 98 valence electrons. The van der Waals surface area contributed by atoms with Crippen LogP contribution in [0.5, 0.6) is 0 Å². The minimum atomic E-state index is -0.331. The van der Waals surface area contributed by atoms with Gasteiger partial charge in [0.25, 0.3) is 5.91 Å². The predicted molar refractivity (Wildman–Crippen MR) is 78.3 cm³/mol. The summed E-state index contributed by atoms with van der Waals surface area (Å²) in [6, 6.07) is 6.50. The van der Waals surface area contributed by atoms with Crippen LogP contribution in [0.25, 0.3) is 0 Å². The number of rotatable bonds is 2. The van der Waals surface area contributed by atoms with Crippen LogP contribution in [-0.2, 0) is 0 Å². The number of nitrogen functional groups attached to an aromatic ring is 1. The highest BCUT2D eigenvalue weighted by Crippen LogP contribution is 2.21. The molecule has 2 aromatic rings. The van der Waals surface area contributed by atoms with Gasteiger partial charge in [0.2, 0.25) is 5.95 Å². The third-order valence-electron chi connectivity index (χ3n) is 2.31. The smallest absolute Gasteiger partial charge is 0.258 e. The molecule has 0 saturated carbocycles. The van der Waals surface area contributed by atoms with Crippen molar-refractivity contribution in [2.45, 2.75) is 6.92 Å². The number of amides is 1. The summed E-state index contributed by atoms with van der Waals surface area (Å²) in [5.41, 5.74) is 7.34. The average molecular weight is 342 g/mol. The fourth-order valence-corrected chi connectivity index (χ4v) is 2.04. The van der Waals surface area contributed by atoms with Crippen molar-refractivity contribution in [1.82, 2.24) is 9.97 Å². The lowest BCUT2D eigenvalue weighted by atomic mass is 10.2.